The molecule has 130 valence electrons. The molecule has 2 aromatic rings. The number of carbonyl (C=O) groups is 2. The van der Waals surface area contributed by atoms with E-state index in [1.165, 1.54) is 37.6 Å². The highest BCUT2D eigenvalue weighted by atomic mass is 16.6. The van der Waals surface area contributed by atoms with Crippen molar-refractivity contribution < 1.29 is 23.7 Å². The number of carbonyl (C=O) groups excluding carboxylic acids is 2. The summed E-state index contributed by atoms with van der Waals surface area (Å²) in [5.41, 5.74) is 0.304. The molecule has 0 bridgehead atoms. The number of methoxy groups -OCH3 is 1. The van der Waals surface area contributed by atoms with Crippen molar-refractivity contribution in [1.29, 1.82) is 0 Å². The van der Waals surface area contributed by atoms with Crippen LogP contribution in [0, 0.1) is 10.1 Å². The molecule has 9 nitrogen and oxygen atoms in total. The van der Waals surface area contributed by atoms with Gasteiger partial charge < -0.3 is 14.1 Å². The fourth-order valence-electron chi connectivity index (χ4n) is 2.37. The van der Waals surface area contributed by atoms with Crippen LogP contribution in [0.1, 0.15) is 39.6 Å². The number of amides is 1. The van der Waals surface area contributed by atoms with Crippen molar-refractivity contribution in [3.05, 3.63) is 57.8 Å². The molecule has 0 unspecified atom stereocenters. The number of oxazole rings is 1. The molecule has 1 amide bonds. The molecule has 1 aliphatic carbocycles. The van der Waals surface area contributed by atoms with Crippen LogP contribution in [0.5, 0.6) is 0 Å². The Bertz CT molecular complexity index is 810. The molecular formula is C16H15N3O6. The van der Waals surface area contributed by atoms with Crippen molar-refractivity contribution >= 4 is 17.6 Å². The SMILES string of the molecule is COC(=O)c1coc(CN(C(=O)c2ccc([N+](=O)[O-])cc2)C2CC2)n1. The van der Waals surface area contributed by atoms with Crippen LogP contribution in [0.3, 0.4) is 0 Å². The van der Waals surface area contributed by atoms with Crippen LogP contribution >= 0.6 is 0 Å². The molecule has 0 spiro atoms. The molecule has 0 N–H and O–H groups in total. The van der Waals surface area contributed by atoms with Crippen LogP contribution < -0.4 is 0 Å². The molecule has 0 aliphatic heterocycles. The lowest BCUT2D eigenvalue weighted by molar-refractivity contribution is -0.384. The van der Waals surface area contributed by atoms with Gasteiger partial charge in [0.1, 0.15) is 6.26 Å². The van der Waals surface area contributed by atoms with Crippen LogP contribution in [-0.2, 0) is 11.3 Å². The molecule has 25 heavy (non-hydrogen) atoms. The molecule has 1 aromatic carbocycles. The predicted octanol–water partition coefficient (Wildman–Crippen LogP) is 2.17. The molecule has 0 saturated heterocycles. The number of esters is 1. The van der Waals surface area contributed by atoms with Gasteiger partial charge in [0.15, 0.2) is 5.69 Å². The van der Waals surface area contributed by atoms with Gasteiger partial charge in [-0.15, -0.1) is 0 Å². The number of aromatic nitrogens is 1. The summed E-state index contributed by atoms with van der Waals surface area (Å²) in [6.45, 7) is 0.109. The average Bonchev–Trinajstić information content (AvgIpc) is 3.36. The van der Waals surface area contributed by atoms with Crippen molar-refractivity contribution in [2.45, 2.75) is 25.4 Å². The fourth-order valence-corrected chi connectivity index (χ4v) is 2.37. The zero-order valence-electron chi connectivity index (χ0n) is 13.4. The van der Waals surface area contributed by atoms with Crippen molar-refractivity contribution in [2.75, 3.05) is 7.11 Å². The standard InChI is InChI=1S/C16H15N3O6/c1-24-16(21)13-9-25-14(17-13)8-18(11-6-7-11)15(20)10-2-4-12(5-3-10)19(22)23/h2-5,9,11H,6-8H2,1H3. The lowest BCUT2D eigenvalue weighted by Crippen LogP contribution is -2.32. The maximum Gasteiger partial charge on any atom is 0.360 e. The first-order chi connectivity index (χ1) is 12.0. The van der Waals surface area contributed by atoms with Crippen LogP contribution in [0.4, 0.5) is 5.69 Å². The Hall–Kier alpha value is -3.23. The van der Waals surface area contributed by atoms with E-state index in [4.69, 9.17) is 4.42 Å². The first kappa shape index (κ1) is 16.6. The third-order valence-electron chi connectivity index (χ3n) is 3.83. The van der Waals surface area contributed by atoms with Gasteiger partial charge >= 0.3 is 5.97 Å². The zero-order chi connectivity index (χ0) is 18.0. The number of rotatable bonds is 6. The normalized spacial score (nSPS) is 13.3. The minimum atomic E-state index is -0.616. The first-order valence-corrected chi connectivity index (χ1v) is 7.57. The summed E-state index contributed by atoms with van der Waals surface area (Å²) in [6.07, 6.45) is 2.91. The van der Waals surface area contributed by atoms with Gasteiger partial charge in [0.25, 0.3) is 11.6 Å². The van der Waals surface area contributed by atoms with Crippen LogP contribution in [0.15, 0.2) is 34.9 Å². The van der Waals surface area contributed by atoms with E-state index in [9.17, 15) is 19.7 Å². The monoisotopic (exact) mass is 345 g/mol. The highest BCUT2D eigenvalue weighted by Gasteiger charge is 2.34. The Kier molecular flexibility index (Phi) is 4.46. The minimum absolute atomic E-state index is 0.0380. The van der Waals surface area contributed by atoms with E-state index in [0.29, 0.717) is 5.56 Å². The fraction of sp³-hybridized carbons (Fsp3) is 0.312. The van der Waals surface area contributed by atoms with E-state index >= 15 is 0 Å². The van der Waals surface area contributed by atoms with Gasteiger partial charge in [-0.2, -0.15) is 0 Å². The first-order valence-electron chi connectivity index (χ1n) is 7.57. The smallest absolute Gasteiger partial charge is 0.360 e. The Morgan fingerprint density at radius 3 is 2.60 bits per heavy atom. The molecule has 1 aliphatic rings. The van der Waals surface area contributed by atoms with Crippen molar-refractivity contribution in [1.82, 2.24) is 9.88 Å². The third kappa shape index (κ3) is 3.65. The maximum atomic E-state index is 12.7. The molecule has 9 heteroatoms. The highest BCUT2D eigenvalue weighted by Crippen LogP contribution is 2.30. The van der Waals surface area contributed by atoms with Gasteiger partial charge in [-0.05, 0) is 25.0 Å². The summed E-state index contributed by atoms with van der Waals surface area (Å²) in [5, 5.41) is 10.7. The van der Waals surface area contributed by atoms with E-state index in [0.717, 1.165) is 12.8 Å². The largest absolute Gasteiger partial charge is 0.464 e. The predicted molar refractivity (Wildman–Crippen MR) is 83.8 cm³/mol. The second-order valence-corrected chi connectivity index (χ2v) is 5.59. The quantitative estimate of drug-likeness (QED) is 0.447. The van der Waals surface area contributed by atoms with Crippen LogP contribution in [-0.4, -0.2) is 39.8 Å². The molecular weight excluding hydrogens is 330 g/mol. The summed E-state index contributed by atoms with van der Waals surface area (Å²) in [7, 11) is 1.24. The Labute approximate surface area is 142 Å². The van der Waals surface area contributed by atoms with Gasteiger partial charge in [0.05, 0.1) is 18.6 Å². The number of benzene rings is 1. The molecule has 0 atom stereocenters. The molecule has 0 radical (unpaired) electrons. The van der Waals surface area contributed by atoms with Crippen molar-refractivity contribution in [2.24, 2.45) is 0 Å². The average molecular weight is 345 g/mol. The topological polar surface area (TPSA) is 116 Å². The van der Waals surface area contributed by atoms with E-state index in [1.807, 2.05) is 0 Å². The molecule has 1 aromatic heterocycles. The lowest BCUT2D eigenvalue weighted by Gasteiger charge is -2.20. The van der Waals surface area contributed by atoms with E-state index in [-0.39, 0.29) is 35.8 Å². The summed E-state index contributed by atoms with van der Waals surface area (Å²) in [6, 6.07) is 5.49. The van der Waals surface area contributed by atoms with Gasteiger partial charge in [-0.25, -0.2) is 9.78 Å². The Morgan fingerprint density at radius 2 is 2.04 bits per heavy atom. The number of hydrogen-bond donors (Lipinski definition) is 0. The Balaban J connectivity index is 1.76. The van der Waals surface area contributed by atoms with E-state index < -0.39 is 10.9 Å². The summed E-state index contributed by atoms with van der Waals surface area (Å²) < 4.78 is 9.80. The second-order valence-electron chi connectivity index (χ2n) is 5.59. The van der Waals surface area contributed by atoms with Crippen LogP contribution in [0.2, 0.25) is 0 Å². The maximum absolute atomic E-state index is 12.7. The van der Waals surface area contributed by atoms with E-state index in [1.54, 1.807) is 4.90 Å². The Morgan fingerprint density at radius 1 is 1.36 bits per heavy atom. The number of nitrogens with zero attached hydrogens (tertiary/aromatic N) is 3. The number of hydrogen-bond acceptors (Lipinski definition) is 7. The summed E-state index contributed by atoms with van der Waals surface area (Å²) in [5.74, 6) is -0.660. The lowest BCUT2D eigenvalue weighted by atomic mass is 10.2. The van der Waals surface area contributed by atoms with Crippen molar-refractivity contribution in [3.8, 4) is 0 Å². The number of non-ortho nitro benzene ring substituents is 1. The number of nitro groups is 1. The summed E-state index contributed by atoms with van der Waals surface area (Å²) >= 11 is 0. The molecule has 1 fully saturated rings. The van der Waals surface area contributed by atoms with Crippen molar-refractivity contribution in [3.63, 3.8) is 0 Å². The third-order valence-corrected chi connectivity index (χ3v) is 3.83. The van der Waals surface area contributed by atoms with Crippen LogP contribution in [0.25, 0.3) is 0 Å². The van der Waals surface area contributed by atoms with Gasteiger partial charge in [-0.1, -0.05) is 0 Å². The highest BCUT2D eigenvalue weighted by molar-refractivity contribution is 5.94. The van der Waals surface area contributed by atoms with Gasteiger partial charge in [0.2, 0.25) is 5.89 Å². The van der Waals surface area contributed by atoms with Gasteiger partial charge in [0, 0.05) is 23.7 Å². The number of nitro benzene ring substituents is 1. The molecule has 1 heterocycles. The van der Waals surface area contributed by atoms with E-state index in [2.05, 4.69) is 9.72 Å². The summed E-state index contributed by atoms with van der Waals surface area (Å²) in [4.78, 5) is 39.9. The molecule has 3 rings (SSSR count). The number of ether oxygens (including phenoxy) is 1. The zero-order valence-corrected chi connectivity index (χ0v) is 13.4. The van der Waals surface area contributed by atoms with Gasteiger partial charge in [-0.3, -0.25) is 14.9 Å². The molecule has 1 saturated carbocycles. The minimum Gasteiger partial charge on any atom is -0.464 e. The second kappa shape index (κ2) is 6.71.